The molecule has 1 aliphatic heterocycles. The Morgan fingerprint density at radius 3 is 2.68 bits per heavy atom. The van der Waals surface area contributed by atoms with E-state index in [-0.39, 0.29) is 5.75 Å². The van der Waals surface area contributed by atoms with Gasteiger partial charge in [0.1, 0.15) is 5.75 Å². The first-order valence-corrected chi connectivity index (χ1v) is 8.36. The van der Waals surface area contributed by atoms with Gasteiger partial charge >= 0.3 is 10.1 Å². The lowest BCUT2D eigenvalue weighted by molar-refractivity contribution is 0.170. The quantitative estimate of drug-likeness (QED) is 0.778. The highest BCUT2D eigenvalue weighted by molar-refractivity contribution is 7.87. The molecule has 0 bridgehead atoms. The van der Waals surface area contributed by atoms with Crippen LogP contribution in [0.4, 0.5) is 0 Å². The van der Waals surface area contributed by atoms with Crippen LogP contribution in [-0.4, -0.2) is 38.2 Å². The van der Waals surface area contributed by atoms with Crippen molar-refractivity contribution in [2.24, 2.45) is 0 Å². The molecule has 1 aromatic carbocycles. The van der Waals surface area contributed by atoms with E-state index in [9.17, 15) is 8.42 Å². The number of hydrogen-bond acceptors (Lipinski definition) is 4. The Morgan fingerprint density at radius 2 is 2.00 bits per heavy atom. The van der Waals surface area contributed by atoms with Gasteiger partial charge in [-0.05, 0) is 38.4 Å². The van der Waals surface area contributed by atoms with Crippen molar-refractivity contribution < 1.29 is 12.6 Å². The SMILES string of the molecule is CC1CCCCN1CCS(=O)(=O)Oc1ccccc1. The molecule has 1 heterocycles. The summed E-state index contributed by atoms with van der Waals surface area (Å²) in [6.45, 7) is 3.70. The molecule has 5 heteroatoms. The van der Waals surface area contributed by atoms with Gasteiger partial charge in [0, 0.05) is 12.6 Å². The number of benzene rings is 1. The molecule has 2 rings (SSSR count). The molecule has 0 N–H and O–H groups in total. The van der Waals surface area contributed by atoms with Crippen molar-refractivity contribution >= 4 is 10.1 Å². The number of nitrogens with zero attached hydrogens (tertiary/aromatic N) is 1. The Morgan fingerprint density at radius 1 is 1.26 bits per heavy atom. The maximum atomic E-state index is 11.9. The van der Waals surface area contributed by atoms with Gasteiger partial charge in [0.2, 0.25) is 0 Å². The van der Waals surface area contributed by atoms with Crippen molar-refractivity contribution in [2.45, 2.75) is 32.2 Å². The van der Waals surface area contributed by atoms with Crippen LogP contribution in [0.5, 0.6) is 5.75 Å². The monoisotopic (exact) mass is 283 g/mol. The predicted octanol–water partition coefficient (Wildman–Crippen LogP) is 2.27. The lowest BCUT2D eigenvalue weighted by atomic mass is 10.0. The number of para-hydroxylation sites is 1. The topological polar surface area (TPSA) is 46.6 Å². The van der Waals surface area contributed by atoms with E-state index in [0.717, 1.165) is 19.4 Å². The van der Waals surface area contributed by atoms with E-state index in [0.29, 0.717) is 18.3 Å². The van der Waals surface area contributed by atoms with Crippen LogP contribution in [0.25, 0.3) is 0 Å². The zero-order valence-corrected chi connectivity index (χ0v) is 12.1. The van der Waals surface area contributed by atoms with Crippen molar-refractivity contribution in [1.29, 1.82) is 0 Å². The van der Waals surface area contributed by atoms with Crippen LogP contribution in [0.3, 0.4) is 0 Å². The molecule has 0 saturated carbocycles. The highest BCUT2D eigenvalue weighted by Crippen LogP contribution is 2.17. The summed E-state index contributed by atoms with van der Waals surface area (Å²) in [4.78, 5) is 2.23. The summed E-state index contributed by atoms with van der Waals surface area (Å²) >= 11 is 0. The Kier molecular flexibility index (Phi) is 4.82. The van der Waals surface area contributed by atoms with Crippen LogP contribution < -0.4 is 4.18 Å². The van der Waals surface area contributed by atoms with Crippen molar-refractivity contribution in [3.05, 3.63) is 30.3 Å². The maximum absolute atomic E-state index is 11.9. The minimum atomic E-state index is -3.50. The molecule has 106 valence electrons. The van der Waals surface area contributed by atoms with E-state index in [2.05, 4.69) is 11.8 Å². The third kappa shape index (κ3) is 4.51. The minimum absolute atomic E-state index is 0.0479. The molecule has 1 saturated heterocycles. The molecule has 0 aliphatic carbocycles. The van der Waals surface area contributed by atoms with E-state index in [1.165, 1.54) is 6.42 Å². The first kappa shape index (κ1) is 14.3. The predicted molar refractivity (Wildman–Crippen MR) is 75.7 cm³/mol. The van der Waals surface area contributed by atoms with E-state index < -0.39 is 10.1 Å². The second kappa shape index (κ2) is 6.39. The lowest BCUT2D eigenvalue weighted by Gasteiger charge is -2.32. The molecular weight excluding hydrogens is 262 g/mol. The standard InChI is InChI=1S/C14H21NO3S/c1-13-7-5-6-10-15(13)11-12-19(16,17)18-14-8-3-2-4-9-14/h2-4,8-9,13H,5-7,10-12H2,1H3. The number of likely N-dealkylation sites (tertiary alicyclic amines) is 1. The van der Waals surface area contributed by atoms with Crippen molar-refractivity contribution in [3.63, 3.8) is 0 Å². The van der Waals surface area contributed by atoms with Crippen molar-refractivity contribution in [2.75, 3.05) is 18.8 Å². The van der Waals surface area contributed by atoms with E-state index >= 15 is 0 Å². The fourth-order valence-corrected chi connectivity index (χ4v) is 3.33. The van der Waals surface area contributed by atoms with Crippen LogP contribution in [0.1, 0.15) is 26.2 Å². The van der Waals surface area contributed by atoms with Gasteiger partial charge in [-0.3, -0.25) is 4.90 Å². The smallest absolute Gasteiger partial charge is 0.310 e. The normalized spacial score (nSPS) is 21.2. The largest absolute Gasteiger partial charge is 0.382 e. The Bertz CT molecular complexity index is 487. The molecule has 1 aliphatic rings. The first-order chi connectivity index (χ1) is 9.07. The van der Waals surface area contributed by atoms with Crippen molar-refractivity contribution in [3.8, 4) is 5.75 Å². The van der Waals surface area contributed by atoms with Crippen molar-refractivity contribution in [1.82, 2.24) is 4.90 Å². The number of rotatable bonds is 5. The summed E-state index contributed by atoms with van der Waals surface area (Å²) in [5.41, 5.74) is 0. The van der Waals surface area contributed by atoms with Gasteiger partial charge in [0.15, 0.2) is 0 Å². The minimum Gasteiger partial charge on any atom is -0.382 e. The average molecular weight is 283 g/mol. The zero-order valence-electron chi connectivity index (χ0n) is 11.3. The summed E-state index contributed by atoms with van der Waals surface area (Å²) in [5, 5.41) is 0. The van der Waals surface area contributed by atoms with Gasteiger partial charge in [-0.25, -0.2) is 0 Å². The molecule has 1 unspecified atom stereocenters. The Hall–Kier alpha value is -1.07. The second-order valence-corrected chi connectivity index (χ2v) is 6.73. The van der Waals surface area contributed by atoms with Gasteiger partial charge in [0.25, 0.3) is 0 Å². The van der Waals surface area contributed by atoms with E-state index in [1.807, 2.05) is 6.07 Å². The molecule has 0 spiro atoms. The van der Waals surface area contributed by atoms with Crippen LogP contribution in [0.2, 0.25) is 0 Å². The zero-order chi connectivity index (χ0) is 13.7. The molecule has 19 heavy (non-hydrogen) atoms. The molecule has 0 aromatic heterocycles. The lowest BCUT2D eigenvalue weighted by Crippen LogP contribution is -2.40. The highest BCUT2D eigenvalue weighted by atomic mass is 32.2. The number of hydrogen-bond donors (Lipinski definition) is 0. The first-order valence-electron chi connectivity index (χ1n) is 6.78. The molecule has 0 radical (unpaired) electrons. The van der Waals surface area contributed by atoms with Crippen LogP contribution in [0.15, 0.2) is 30.3 Å². The summed E-state index contributed by atoms with van der Waals surface area (Å²) < 4.78 is 28.9. The maximum Gasteiger partial charge on any atom is 0.310 e. The molecule has 0 amide bonds. The third-order valence-electron chi connectivity index (χ3n) is 3.54. The summed E-state index contributed by atoms with van der Waals surface area (Å²) in [5.74, 6) is 0.431. The summed E-state index contributed by atoms with van der Waals surface area (Å²) in [6.07, 6.45) is 3.55. The Balaban J connectivity index is 1.87. The highest BCUT2D eigenvalue weighted by Gasteiger charge is 2.21. The fourth-order valence-electron chi connectivity index (χ4n) is 2.38. The second-order valence-electron chi connectivity index (χ2n) is 5.04. The molecule has 1 fully saturated rings. The van der Waals surface area contributed by atoms with E-state index in [1.54, 1.807) is 24.3 Å². The van der Waals surface area contributed by atoms with Crippen LogP contribution in [-0.2, 0) is 10.1 Å². The van der Waals surface area contributed by atoms with Gasteiger partial charge < -0.3 is 4.18 Å². The molecular formula is C14H21NO3S. The van der Waals surface area contributed by atoms with E-state index in [4.69, 9.17) is 4.18 Å². The van der Waals surface area contributed by atoms with Crippen LogP contribution in [0, 0.1) is 0 Å². The number of piperidine rings is 1. The van der Waals surface area contributed by atoms with Gasteiger partial charge in [-0.1, -0.05) is 24.6 Å². The third-order valence-corrected chi connectivity index (χ3v) is 4.66. The fraction of sp³-hybridized carbons (Fsp3) is 0.571. The Labute approximate surface area is 115 Å². The molecule has 4 nitrogen and oxygen atoms in total. The summed E-state index contributed by atoms with van der Waals surface area (Å²) in [6, 6.07) is 9.13. The van der Waals surface area contributed by atoms with Crippen LogP contribution >= 0.6 is 0 Å². The van der Waals surface area contributed by atoms with Gasteiger partial charge in [0.05, 0.1) is 5.75 Å². The van der Waals surface area contributed by atoms with Gasteiger partial charge in [-0.2, -0.15) is 8.42 Å². The summed E-state index contributed by atoms with van der Waals surface area (Å²) in [7, 11) is -3.50. The average Bonchev–Trinajstić information content (AvgIpc) is 2.38. The molecule has 1 atom stereocenters. The molecule has 1 aromatic rings. The van der Waals surface area contributed by atoms with Gasteiger partial charge in [-0.15, -0.1) is 0 Å².